The highest BCUT2D eigenvalue weighted by atomic mass is 35.5. The van der Waals surface area contributed by atoms with Gasteiger partial charge in [-0.1, -0.05) is 53.5 Å². The molecule has 18 heavy (non-hydrogen) atoms. The number of hydrogen-bond donors (Lipinski definition) is 1. The minimum absolute atomic E-state index is 0.315. The zero-order valence-corrected chi connectivity index (χ0v) is 11.3. The number of benzene rings is 2. The third-order valence-corrected chi connectivity index (χ3v) is 4.16. The van der Waals surface area contributed by atoms with E-state index in [4.69, 9.17) is 23.2 Å². The molecule has 0 aromatic heterocycles. The molecule has 3 rings (SSSR count). The maximum absolute atomic E-state index is 6.28. The molecule has 1 unspecified atom stereocenters. The molecule has 0 fully saturated rings. The van der Waals surface area contributed by atoms with Crippen LogP contribution in [0.25, 0.3) is 0 Å². The summed E-state index contributed by atoms with van der Waals surface area (Å²) in [6.07, 6.45) is 0.888. The summed E-state index contributed by atoms with van der Waals surface area (Å²) in [5, 5.41) is 5.13. The van der Waals surface area contributed by atoms with Crippen molar-refractivity contribution in [3.8, 4) is 0 Å². The second-order valence-electron chi connectivity index (χ2n) is 4.53. The van der Waals surface area contributed by atoms with E-state index in [1.165, 1.54) is 11.1 Å². The van der Waals surface area contributed by atoms with Gasteiger partial charge in [0, 0.05) is 22.6 Å². The van der Waals surface area contributed by atoms with E-state index in [9.17, 15) is 0 Å². The Bertz CT molecular complexity index is 566. The normalized spacial score (nSPS) is 18.4. The maximum Gasteiger partial charge on any atom is 0.0454 e. The summed E-state index contributed by atoms with van der Waals surface area (Å²) < 4.78 is 0. The fraction of sp³-hybridized carbons (Fsp3) is 0.200. The van der Waals surface area contributed by atoms with Crippen molar-refractivity contribution in [2.45, 2.75) is 19.0 Å². The number of fused-ring (bicyclic) bond motifs is 1. The Morgan fingerprint density at radius 2 is 1.56 bits per heavy atom. The zero-order valence-electron chi connectivity index (χ0n) is 9.79. The first-order valence-corrected chi connectivity index (χ1v) is 6.75. The van der Waals surface area contributed by atoms with Gasteiger partial charge in [0.15, 0.2) is 0 Å². The van der Waals surface area contributed by atoms with Crippen LogP contribution in [0.5, 0.6) is 0 Å². The summed E-state index contributed by atoms with van der Waals surface area (Å²) in [6, 6.07) is 14.5. The topological polar surface area (TPSA) is 12.0 Å². The van der Waals surface area contributed by atoms with Gasteiger partial charge in [0.2, 0.25) is 0 Å². The van der Waals surface area contributed by atoms with Gasteiger partial charge in [-0.15, -0.1) is 0 Å². The molecule has 1 aliphatic heterocycles. The molecule has 1 heterocycles. The Labute approximate surface area is 117 Å². The lowest BCUT2D eigenvalue weighted by molar-refractivity contribution is 0.499. The Kier molecular flexibility index (Phi) is 3.29. The first-order valence-electron chi connectivity index (χ1n) is 6.00. The van der Waals surface area contributed by atoms with Crippen LogP contribution in [0.4, 0.5) is 0 Å². The average Bonchev–Trinajstić information content (AvgIpc) is 2.44. The Balaban J connectivity index is 1.96. The molecule has 2 aromatic carbocycles. The Morgan fingerprint density at radius 3 is 2.28 bits per heavy atom. The smallest absolute Gasteiger partial charge is 0.0454 e. The van der Waals surface area contributed by atoms with E-state index in [2.05, 4.69) is 29.6 Å². The van der Waals surface area contributed by atoms with Crippen molar-refractivity contribution in [2.24, 2.45) is 0 Å². The van der Waals surface area contributed by atoms with E-state index in [0.29, 0.717) is 6.04 Å². The third-order valence-electron chi connectivity index (χ3n) is 3.45. The largest absolute Gasteiger partial charge is 0.305 e. The maximum atomic E-state index is 6.28. The van der Waals surface area contributed by atoms with Crippen LogP contribution in [0.15, 0.2) is 42.5 Å². The third kappa shape index (κ3) is 2.14. The van der Waals surface area contributed by atoms with Crippen molar-refractivity contribution in [3.05, 3.63) is 69.2 Å². The molecule has 0 aliphatic carbocycles. The SMILES string of the molecule is Clc1ccc(Cl)c2c1CNC(c1ccccc1)C2. The molecule has 1 N–H and O–H groups in total. The number of rotatable bonds is 1. The van der Waals surface area contributed by atoms with E-state index in [1.807, 2.05) is 18.2 Å². The summed E-state index contributed by atoms with van der Waals surface area (Å²) in [5.74, 6) is 0. The van der Waals surface area contributed by atoms with E-state index >= 15 is 0 Å². The van der Waals surface area contributed by atoms with Crippen molar-refractivity contribution >= 4 is 23.2 Å². The molecule has 0 saturated heterocycles. The average molecular weight is 278 g/mol. The highest BCUT2D eigenvalue weighted by molar-refractivity contribution is 6.34. The van der Waals surface area contributed by atoms with Crippen molar-refractivity contribution in [1.29, 1.82) is 0 Å². The molecule has 0 bridgehead atoms. The molecule has 0 spiro atoms. The molecule has 0 amide bonds. The van der Waals surface area contributed by atoms with Crippen LogP contribution < -0.4 is 5.32 Å². The van der Waals surface area contributed by atoms with Gasteiger partial charge in [-0.3, -0.25) is 0 Å². The lowest BCUT2D eigenvalue weighted by Gasteiger charge is -2.28. The highest BCUT2D eigenvalue weighted by Gasteiger charge is 2.22. The molecule has 0 saturated carbocycles. The van der Waals surface area contributed by atoms with Crippen LogP contribution in [0, 0.1) is 0 Å². The van der Waals surface area contributed by atoms with E-state index in [1.54, 1.807) is 0 Å². The van der Waals surface area contributed by atoms with Crippen LogP contribution in [0.1, 0.15) is 22.7 Å². The molecular weight excluding hydrogens is 265 g/mol. The lowest BCUT2D eigenvalue weighted by atomic mass is 9.91. The van der Waals surface area contributed by atoms with Crippen molar-refractivity contribution in [2.75, 3.05) is 0 Å². The molecule has 0 radical (unpaired) electrons. The molecule has 3 heteroatoms. The van der Waals surface area contributed by atoms with Crippen molar-refractivity contribution in [1.82, 2.24) is 5.32 Å². The molecule has 92 valence electrons. The zero-order chi connectivity index (χ0) is 12.5. The molecular formula is C15H13Cl2N. The minimum Gasteiger partial charge on any atom is -0.305 e. The minimum atomic E-state index is 0.315. The monoisotopic (exact) mass is 277 g/mol. The van der Waals surface area contributed by atoms with Gasteiger partial charge in [0.05, 0.1) is 0 Å². The van der Waals surface area contributed by atoms with Gasteiger partial charge in [-0.2, -0.15) is 0 Å². The van der Waals surface area contributed by atoms with E-state index in [-0.39, 0.29) is 0 Å². The van der Waals surface area contributed by atoms with Crippen LogP contribution in [-0.2, 0) is 13.0 Å². The van der Waals surface area contributed by atoms with Crippen molar-refractivity contribution in [3.63, 3.8) is 0 Å². The second-order valence-corrected chi connectivity index (χ2v) is 5.35. The highest BCUT2D eigenvalue weighted by Crippen LogP contribution is 2.34. The van der Waals surface area contributed by atoms with Gasteiger partial charge in [0.25, 0.3) is 0 Å². The Morgan fingerprint density at radius 1 is 0.889 bits per heavy atom. The molecule has 1 atom stereocenters. The van der Waals surface area contributed by atoms with Crippen LogP contribution in [0.3, 0.4) is 0 Å². The van der Waals surface area contributed by atoms with Gasteiger partial charge in [0.1, 0.15) is 0 Å². The van der Waals surface area contributed by atoms with Crippen LogP contribution in [-0.4, -0.2) is 0 Å². The fourth-order valence-electron chi connectivity index (χ4n) is 2.47. The predicted octanol–water partition coefficient (Wildman–Crippen LogP) is 4.38. The van der Waals surface area contributed by atoms with Gasteiger partial charge in [-0.25, -0.2) is 0 Å². The summed E-state index contributed by atoms with van der Waals surface area (Å²) in [5.41, 5.74) is 3.60. The van der Waals surface area contributed by atoms with Gasteiger partial charge >= 0.3 is 0 Å². The summed E-state index contributed by atoms with van der Waals surface area (Å²) in [7, 11) is 0. The first kappa shape index (κ1) is 12.0. The summed E-state index contributed by atoms with van der Waals surface area (Å²) >= 11 is 12.5. The van der Waals surface area contributed by atoms with Gasteiger partial charge in [-0.05, 0) is 35.2 Å². The summed E-state index contributed by atoms with van der Waals surface area (Å²) in [6.45, 7) is 0.772. The second kappa shape index (κ2) is 4.93. The lowest BCUT2D eigenvalue weighted by Crippen LogP contribution is -2.28. The molecule has 1 aliphatic rings. The van der Waals surface area contributed by atoms with Crippen LogP contribution in [0.2, 0.25) is 10.0 Å². The molecule has 1 nitrogen and oxygen atoms in total. The number of nitrogens with one attached hydrogen (secondary N) is 1. The van der Waals surface area contributed by atoms with E-state index in [0.717, 1.165) is 28.6 Å². The Hall–Kier alpha value is -1.02. The quantitative estimate of drug-likeness (QED) is 0.816. The number of hydrogen-bond acceptors (Lipinski definition) is 1. The van der Waals surface area contributed by atoms with Crippen LogP contribution >= 0.6 is 23.2 Å². The standard InChI is InChI=1S/C15H13Cl2N/c16-13-6-7-14(17)12-9-18-15(8-11(12)13)10-4-2-1-3-5-10/h1-7,15,18H,8-9H2. The fourth-order valence-corrected chi connectivity index (χ4v) is 2.97. The van der Waals surface area contributed by atoms with Crippen molar-refractivity contribution < 1.29 is 0 Å². The first-order chi connectivity index (χ1) is 8.75. The van der Waals surface area contributed by atoms with Gasteiger partial charge < -0.3 is 5.32 Å². The predicted molar refractivity (Wildman–Crippen MR) is 76.2 cm³/mol. The number of halogens is 2. The summed E-state index contributed by atoms with van der Waals surface area (Å²) in [4.78, 5) is 0. The molecule has 2 aromatic rings. The van der Waals surface area contributed by atoms with E-state index < -0.39 is 0 Å².